The van der Waals surface area contributed by atoms with Gasteiger partial charge in [0, 0.05) is 38.1 Å². The number of amides is 7. The van der Waals surface area contributed by atoms with E-state index in [4.69, 9.17) is 16.2 Å². The molecule has 11 N–H and O–H groups in total. The van der Waals surface area contributed by atoms with Crippen molar-refractivity contribution >= 4 is 53.1 Å². The van der Waals surface area contributed by atoms with Gasteiger partial charge in [0.1, 0.15) is 47.8 Å². The van der Waals surface area contributed by atoms with Crippen molar-refractivity contribution < 1.29 is 58.1 Å². The number of aliphatic hydroxyl groups is 1. The zero-order valence-corrected chi connectivity index (χ0v) is 42.7. The summed E-state index contributed by atoms with van der Waals surface area (Å²) in [6.07, 6.45) is -0.546. The molecule has 20 nitrogen and oxygen atoms in total. The van der Waals surface area contributed by atoms with E-state index in [1.165, 1.54) is 31.0 Å². The van der Waals surface area contributed by atoms with Crippen LogP contribution in [0.2, 0.25) is 0 Å². The minimum atomic E-state index is -1.72. The molecule has 20 heteroatoms. The summed E-state index contributed by atoms with van der Waals surface area (Å²) in [5, 5.41) is 34.0. The molecule has 0 spiro atoms. The minimum absolute atomic E-state index is 0.00738. The number of primary amides is 1. The number of likely N-dealkylation sites (N-methyl/N-ethyl adjacent to an activating group) is 1. The third-order valence-electron chi connectivity index (χ3n) is 14.0. The van der Waals surface area contributed by atoms with Gasteiger partial charge in [0.05, 0.1) is 17.7 Å². The number of ketones is 1. The molecule has 70 heavy (non-hydrogen) atoms. The van der Waals surface area contributed by atoms with E-state index in [0.29, 0.717) is 31.2 Å². The van der Waals surface area contributed by atoms with Crippen molar-refractivity contribution in [3.63, 3.8) is 0 Å². The highest BCUT2D eigenvalue weighted by atomic mass is 16.5. The van der Waals surface area contributed by atoms with Gasteiger partial charge in [-0.2, -0.15) is 0 Å². The minimum Gasteiger partial charge on any atom is -0.508 e. The van der Waals surface area contributed by atoms with Crippen LogP contribution in [0.25, 0.3) is 0 Å². The number of carbonyl (C=O) groups is 9. The molecular formula is C50H80N8O12. The zero-order valence-electron chi connectivity index (χ0n) is 42.7. The summed E-state index contributed by atoms with van der Waals surface area (Å²) in [5.74, 6) is -7.86. The van der Waals surface area contributed by atoms with E-state index < -0.39 is 119 Å². The number of phenolic OH excluding ortho intramolecular Hbond substituents is 1. The van der Waals surface area contributed by atoms with E-state index in [9.17, 15) is 53.4 Å². The fraction of sp³-hybridized carbons (Fsp3) is 0.700. The summed E-state index contributed by atoms with van der Waals surface area (Å²) in [6, 6.07) is -1.63. The van der Waals surface area contributed by atoms with E-state index in [0.717, 1.165) is 0 Å². The maximum Gasteiger partial charge on any atom is 0.329 e. The van der Waals surface area contributed by atoms with Gasteiger partial charge in [-0.1, -0.05) is 80.4 Å². The lowest BCUT2D eigenvalue weighted by molar-refractivity contribution is -0.158. The topological polar surface area (TPSA) is 319 Å². The van der Waals surface area contributed by atoms with E-state index >= 15 is 0 Å². The summed E-state index contributed by atoms with van der Waals surface area (Å²) >= 11 is 0. The van der Waals surface area contributed by atoms with Gasteiger partial charge in [0.15, 0.2) is 0 Å². The quantitative estimate of drug-likeness (QED) is 0.0537. The fourth-order valence-corrected chi connectivity index (χ4v) is 8.59. The van der Waals surface area contributed by atoms with Crippen LogP contribution in [0.4, 0.5) is 0 Å². The molecule has 2 aliphatic rings. The SMILES string of the molecule is CCC(C)C(=O)N[C@@H](CCCC(N)=O)C(=O)N[C@H](C(=O)NC(CC(C)C)C(=O)NC12CC1C(=O)C[C@@H](O)C2)C(C)OC(=O)C(NC(=O)C(Cc1ccc(O)cc1)N(C)C(=O)C(N)C(C)CC)[C@H](C)CC. The smallest absolute Gasteiger partial charge is 0.329 e. The van der Waals surface area contributed by atoms with Gasteiger partial charge < -0.3 is 57.9 Å². The molecule has 1 aromatic carbocycles. The number of hydrogen-bond donors (Lipinski definition) is 9. The average Bonchev–Trinajstić information content (AvgIpc) is 4.03. The van der Waals surface area contributed by atoms with Crippen molar-refractivity contribution in [2.75, 3.05) is 7.05 Å². The first-order valence-electron chi connectivity index (χ1n) is 24.8. The van der Waals surface area contributed by atoms with Gasteiger partial charge in [-0.25, -0.2) is 4.79 Å². The molecule has 7 amide bonds. The summed E-state index contributed by atoms with van der Waals surface area (Å²) in [7, 11) is 1.44. The molecule has 1 aromatic rings. The number of nitrogens with one attached hydrogen (secondary N) is 5. The van der Waals surface area contributed by atoms with E-state index in [2.05, 4.69) is 26.6 Å². The zero-order chi connectivity index (χ0) is 52.8. The number of ether oxygens (including phenoxy) is 1. The Bertz CT molecular complexity index is 2020. The van der Waals surface area contributed by atoms with Crippen LogP contribution in [0.1, 0.15) is 132 Å². The summed E-state index contributed by atoms with van der Waals surface area (Å²) in [6.45, 7) is 15.6. The van der Waals surface area contributed by atoms with E-state index in [-0.39, 0.29) is 68.3 Å². The Morgan fingerprint density at radius 3 is 1.96 bits per heavy atom. The standard InChI is InChI=1S/C50H80N8O12/c1-11-27(6)40(52)48(68)58(10)37(22-31-17-19-32(59)20-18-31)46(66)55-41(28(7)12-2)49(69)70-30(9)42(56-44(64)35(15-14-16-39(51)62)53-43(63)29(8)13-3)47(67)54-36(21-26(4)5)45(65)57-50-24-33(60)23-38(61)34(50)25-50/h17-20,26-30,33-37,40-42,59-60H,11-16,21-25,52H2,1-10H3,(H2,51,62)(H,53,63)(H,54,67)(H,55,66)(H,56,64)(H,57,65)/t27?,28-,29?,30?,33-,34?,35+,36?,37?,40?,41?,42+,50?/m1/s1. The molecule has 13 atom stereocenters. The Morgan fingerprint density at radius 1 is 0.786 bits per heavy atom. The molecule has 0 aromatic heterocycles. The Balaban J connectivity index is 2.02. The van der Waals surface area contributed by atoms with Crippen molar-refractivity contribution in [3.8, 4) is 5.75 Å². The largest absolute Gasteiger partial charge is 0.508 e. The van der Waals surface area contributed by atoms with E-state index in [1.54, 1.807) is 39.8 Å². The highest BCUT2D eigenvalue weighted by Crippen LogP contribution is 2.51. The first-order chi connectivity index (χ1) is 32.8. The highest BCUT2D eigenvalue weighted by molar-refractivity contribution is 5.97. The van der Waals surface area contributed by atoms with Gasteiger partial charge in [-0.3, -0.25) is 38.4 Å². The van der Waals surface area contributed by atoms with E-state index in [1.807, 2.05) is 27.7 Å². The van der Waals surface area contributed by atoms with Crippen molar-refractivity contribution in [1.82, 2.24) is 31.5 Å². The van der Waals surface area contributed by atoms with Crippen LogP contribution in [0, 0.1) is 29.6 Å². The second-order valence-corrected chi connectivity index (χ2v) is 20.1. The molecule has 392 valence electrons. The normalized spacial score (nSPS) is 21.6. The van der Waals surface area contributed by atoms with Gasteiger partial charge in [0.25, 0.3) is 0 Å². The van der Waals surface area contributed by atoms with Gasteiger partial charge in [0.2, 0.25) is 41.4 Å². The van der Waals surface area contributed by atoms with Crippen LogP contribution < -0.4 is 38.1 Å². The first-order valence-corrected chi connectivity index (χ1v) is 24.8. The first kappa shape index (κ1) is 58.7. The number of aliphatic hydroxyl groups excluding tert-OH is 1. The molecule has 0 radical (unpaired) electrons. The Hall–Kier alpha value is -5.63. The lowest BCUT2D eigenvalue weighted by Gasteiger charge is -2.34. The molecule has 9 unspecified atom stereocenters. The third-order valence-corrected chi connectivity index (χ3v) is 14.0. The Morgan fingerprint density at radius 2 is 1.39 bits per heavy atom. The number of aromatic hydroxyl groups is 1. The lowest BCUT2D eigenvalue weighted by Crippen LogP contribution is -2.62. The van der Waals surface area contributed by atoms with Crippen LogP contribution in [0.5, 0.6) is 5.75 Å². The lowest BCUT2D eigenvalue weighted by atomic mass is 9.91. The van der Waals surface area contributed by atoms with Crippen LogP contribution in [0.15, 0.2) is 24.3 Å². The van der Waals surface area contributed by atoms with Gasteiger partial charge >= 0.3 is 5.97 Å². The number of fused-ring (bicyclic) bond motifs is 1. The number of carbonyl (C=O) groups excluding carboxylic acids is 9. The number of hydrogen-bond acceptors (Lipinski definition) is 13. The van der Waals surface area contributed by atoms with Gasteiger partial charge in [-0.05, 0) is 80.9 Å². The molecule has 0 aliphatic heterocycles. The van der Waals surface area contributed by atoms with Crippen LogP contribution in [0.3, 0.4) is 0 Å². The molecule has 3 rings (SSSR count). The number of rotatable bonds is 28. The molecule has 0 saturated heterocycles. The third kappa shape index (κ3) is 16.5. The van der Waals surface area contributed by atoms with Crippen LogP contribution in [-0.2, 0) is 54.3 Å². The Labute approximate surface area is 412 Å². The second-order valence-electron chi connectivity index (χ2n) is 20.1. The number of benzene rings is 1. The number of phenols is 1. The molecule has 2 saturated carbocycles. The van der Waals surface area contributed by atoms with Gasteiger partial charge in [-0.15, -0.1) is 0 Å². The van der Waals surface area contributed by atoms with Crippen LogP contribution in [-0.4, -0.2) is 129 Å². The molecular weight excluding hydrogens is 905 g/mol. The molecule has 2 fully saturated rings. The Kier molecular flexibility index (Phi) is 22.3. The van der Waals surface area contributed by atoms with Crippen molar-refractivity contribution in [3.05, 3.63) is 29.8 Å². The number of nitrogens with zero attached hydrogens (tertiary/aromatic N) is 1. The fourth-order valence-electron chi connectivity index (χ4n) is 8.59. The maximum atomic E-state index is 14.6. The number of Topliss-reactive ketones (excluding diaryl/α,β-unsaturated/α-hetero) is 1. The molecule has 0 bridgehead atoms. The highest BCUT2D eigenvalue weighted by Gasteiger charge is 2.62. The second kappa shape index (κ2) is 26.5. The van der Waals surface area contributed by atoms with Crippen molar-refractivity contribution in [2.24, 2.45) is 41.1 Å². The van der Waals surface area contributed by atoms with Crippen molar-refractivity contribution in [1.29, 1.82) is 0 Å². The average molecular weight is 985 g/mol. The van der Waals surface area contributed by atoms with Crippen molar-refractivity contribution in [2.45, 2.75) is 187 Å². The number of nitrogens with two attached hydrogens (primary N) is 2. The van der Waals surface area contributed by atoms with Crippen LogP contribution >= 0.6 is 0 Å². The predicted molar refractivity (Wildman–Crippen MR) is 260 cm³/mol. The summed E-state index contributed by atoms with van der Waals surface area (Å²) in [5.41, 5.74) is 11.3. The maximum absolute atomic E-state index is 14.6. The molecule has 0 heterocycles. The molecule has 2 aliphatic carbocycles. The summed E-state index contributed by atoms with van der Waals surface area (Å²) < 4.78 is 5.97. The summed E-state index contributed by atoms with van der Waals surface area (Å²) in [4.78, 5) is 124. The predicted octanol–water partition coefficient (Wildman–Crippen LogP) is 1.40. The number of esters is 1. The monoisotopic (exact) mass is 985 g/mol.